The maximum absolute atomic E-state index is 11.5. The molecule has 0 heterocycles. The van der Waals surface area contributed by atoms with Crippen LogP contribution in [0, 0.1) is 13.8 Å². The molecule has 0 saturated carbocycles. The first-order valence-corrected chi connectivity index (χ1v) is 14.4. The second-order valence-electron chi connectivity index (χ2n) is 6.76. The van der Waals surface area contributed by atoms with Gasteiger partial charge in [-0.3, -0.25) is 4.55 Å². The summed E-state index contributed by atoms with van der Waals surface area (Å²) in [5.41, 5.74) is 0.958. The zero-order chi connectivity index (χ0) is 27.1. The van der Waals surface area contributed by atoms with Crippen molar-refractivity contribution in [1.29, 1.82) is 0 Å². The Hall–Kier alpha value is -1.33. The average molecular weight is 638 g/mol. The van der Waals surface area contributed by atoms with Gasteiger partial charge in [-0.1, -0.05) is 38.1 Å². The molecule has 0 aliphatic rings. The number of aryl methyl sites for hydroxylation is 2. The van der Waals surface area contributed by atoms with E-state index < -0.39 is 53.3 Å². The van der Waals surface area contributed by atoms with Crippen molar-refractivity contribution in [3.63, 3.8) is 0 Å². The number of rotatable bonds is 4. The van der Waals surface area contributed by atoms with Gasteiger partial charge in [-0.25, -0.2) is 4.21 Å². The van der Waals surface area contributed by atoms with Gasteiger partial charge < -0.3 is 23.3 Å². The molecule has 0 aliphatic heterocycles. The van der Waals surface area contributed by atoms with E-state index in [-0.39, 0.29) is 38.4 Å². The summed E-state index contributed by atoms with van der Waals surface area (Å²) in [6.07, 6.45) is 1.19. The number of hydrogen-bond donors (Lipinski definition) is 6. The van der Waals surface area contributed by atoms with Gasteiger partial charge in [0.25, 0.3) is 10.1 Å². The molecule has 11 nitrogen and oxygen atoms in total. The largest absolute Gasteiger partial charge is 0.505 e. The number of phenolic OH excluding ortho intramolecular Hbond substituents is 1. The van der Waals surface area contributed by atoms with Gasteiger partial charge in [-0.2, -0.15) is 8.42 Å². The Morgan fingerprint density at radius 2 is 1.39 bits per heavy atom. The van der Waals surface area contributed by atoms with E-state index in [1.807, 2.05) is 20.8 Å². The van der Waals surface area contributed by atoms with Crippen molar-refractivity contribution in [1.82, 2.24) is 0 Å². The van der Waals surface area contributed by atoms with Gasteiger partial charge in [0.15, 0.2) is 5.75 Å². The first kappa shape index (κ1) is 34.7. The second-order valence-corrected chi connectivity index (χ2v) is 10.5. The molecular formula is C21H28N2O9S3Y. The van der Waals surface area contributed by atoms with Crippen LogP contribution in [0.1, 0.15) is 25.0 Å². The molecule has 0 bridgehead atoms. The first-order valence-electron chi connectivity index (χ1n) is 9.92. The molecule has 197 valence electrons. The van der Waals surface area contributed by atoms with Crippen molar-refractivity contribution in [2.75, 3.05) is 6.26 Å². The van der Waals surface area contributed by atoms with Gasteiger partial charge in [0.2, 0.25) is 0 Å². The number of aromatic hydroxyl groups is 1. The molecule has 3 aromatic carbocycles. The van der Waals surface area contributed by atoms with Gasteiger partial charge in [-0.05, 0) is 48.6 Å². The molecule has 0 aliphatic carbocycles. The SMILES string of the molecule is CC.CS(=O)O.Cc1ccc2c(O)c(N=Nc3ccccc3S(=O)(=O)O)c(S(O)(O)O)cc2c1C.[Y]. The van der Waals surface area contributed by atoms with Crippen LogP contribution in [0.25, 0.3) is 10.8 Å². The monoisotopic (exact) mass is 637 g/mol. The Balaban J connectivity index is 0.00000159. The summed E-state index contributed by atoms with van der Waals surface area (Å²) in [5.74, 6) is -0.470. The number of azo groups is 1. The third-order valence-corrected chi connectivity index (χ3v) is 6.27. The molecule has 1 radical (unpaired) electrons. The Kier molecular flexibility index (Phi) is 14.0. The van der Waals surface area contributed by atoms with E-state index in [1.54, 1.807) is 19.1 Å². The van der Waals surface area contributed by atoms with Crippen molar-refractivity contribution >= 4 is 54.2 Å². The number of fused-ring (bicyclic) bond motifs is 1. The van der Waals surface area contributed by atoms with E-state index in [0.717, 1.165) is 17.2 Å². The van der Waals surface area contributed by atoms with E-state index >= 15 is 0 Å². The van der Waals surface area contributed by atoms with Crippen molar-refractivity contribution in [3.05, 3.63) is 53.6 Å². The molecular weight excluding hydrogens is 609 g/mol. The Labute approximate surface area is 239 Å². The van der Waals surface area contributed by atoms with Crippen LogP contribution < -0.4 is 0 Å². The van der Waals surface area contributed by atoms with E-state index in [1.165, 1.54) is 30.5 Å². The van der Waals surface area contributed by atoms with Crippen LogP contribution in [0.4, 0.5) is 11.4 Å². The molecule has 0 aromatic heterocycles. The summed E-state index contributed by atoms with van der Waals surface area (Å²) in [5, 5.41) is 19.0. The standard InChI is InChI=1S/C18H18N2O7S2.C2H6.CH4O2S.Y/c1-10-7-8-12-13(11(10)2)9-16(29(25,26)27)17(18(12)21)20-19-14-5-3-4-6-15(14)28(22,23)24;1-2;1-4(2)3;/h3-9,21,25-27H,1-2H3,(H,22,23,24);1-2H3;1H3,(H,2,3);. The summed E-state index contributed by atoms with van der Waals surface area (Å²) >= 11 is -1.61. The quantitative estimate of drug-likeness (QED) is 0.108. The van der Waals surface area contributed by atoms with Crippen LogP contribution in [0.5, 0.6) is 5.75 Å². The number of hydrogen-bond acceptors (Lipinski definition) is 9. The minimum atomic E-state index is -4.59. The summed E-state index contributed by atoms with van der Waals surface area (Å²) in [6, 6.07) is 9.83. The number of phenols is 1. The van der Waals surface area contributed by atoms with E-state index in [9.17, 15) is 31.7 Å². The smallest absolute Gasteiger partial charge is 0.296 e. The molecule has 0 amide bonds. The molecule has 15 heteroatoms. The first-order chi connectivity index (χ1) is 16.1. The average Bonchev–Trinajstić information content (AvgIpc) is 2.75. The zero-order valence-corrected chi connectivity index (χ0v) is 25.4. The van der Waals surface area contributed by atoms with Crippen LogP contribution in [-0.2, 0) is 53.9 Å². The Morgan fingerprint density at radius 1 is 0.861 bits per heavy atom. The third-order valence-electron chi connectivity index (χ3n) is 4.47. The van der Waals surface area contributed by atoms with Gasteiger partial charge in [0.1, 0.15) is 38.2 Å². The maximum Gasteiger partial charge on any atom is 0.296 e. The third kappa shape index (κ3) is 9.21. The van der Waals surface area contributed by atoms with Gasteiger partial charge >= 0.3 is 0 Å². The van der Waals surface area contributed by atoms with Crippen LogP contribution in [0.15, 0.2) is 62.5 Å². The molecule has 0 spiro atoms. The van der Waals surface area contributed by atoms with E-state index in [2.05, 4.69) is 10.2 Å². The van der Waals surface area contributed by atoms with Crippen molar-refractivity contribution in [3.8, 4) is 5.75 Å². The van der Waals surface area contributed by atoms with Gasteiger partial charge in [-0.15, -0.1) is 10.2 Å². The fourth-order valence-electron chi connectivity index (χ4n) is 2.84. The predicted molar refractivity (Wildman–Crippen MR) is 137 cm³/mol. The molecule has 6 N–H and O–H groups in total. The van der Waals surface area contributed by atoms with Crippen LogP contribution in [-0.4, -0.2) is 46.8 Å². The molecule has 3 rings (SSSR count). The zero-order valence-electron chi connectivity index (χ0n) is 20.1. The van der Waals surface area contributed by atoms with E-state index in [0.29, 0.717) is 10.8 Å². The van der Waals surface area contributed by atoms with Crippen molar-refractivity contribution < 1.29 is 73.2 Å². The van der Waals surface area contributed by atoms with Crippen LogP contribution in [0.3, 0.4) is 0 Å². The van der Waals surface area contributed by atoms with Crippen LogP contribution in [0.2, 0.25) is 0 Å². The fraction of sp³-hybridized carbons (Fsp3) is 0.238. The molecule has 1 atom stereocenters. The van der Waals surface area contributed by atoms with Crippen molar-refractivity contribution in [2.24, 2.45) is 10.2 Å². The summed E-state index contributed by atoms with van der Waals surface area (Å²) < 4.78 is 78.5. The van der Waals surface area contributed by atoms with Crippen LogP contribution >= 0.6 is 10.9 Å². The number of nitrogens with zero attached hydrogens (tertiary/aromatic N) is 2. The molecule has 0 saturated heterocycles. The van der Waals surface area contributed by atoms with E-state index in [4.69, 9.17) is 8.76 Å². The normalized spacial score (nSPS) is 12.6. The molecule has 0 fully saturated rings. The minimum Gasteiger partial charge on any atom is -0.505 e. The summed E-state index contributed by atoms with van der Waals surface area (Å²) in [7, 11) is -8.89. The Morgan fingerprint density at radius 3 is 1.89 bits per heavy atom. The Bertz CT molecular complexity index is 1350. The minimum absolute atomic E-state index is 0. The van der Waals surface area contributed by atoms with Gasteiger partial charge in [0, 0.05) is 44.4 Å². The maximum atomic E-state index is 11.5. The molecule has 3 aromatic rings. The number of benzene rings is 3. The van der Waals surface area contributed by atoms with Crippen molar-refractivity contribution in [2.45, 2.75) is 37.5 Å². The fourth-order valence-corrected chi connectivity index (χ4v) is 4.14. The second kappa shape index (κ2) is 14.6. The summed E-state index contributed by atoms with van der Waals surface area (Å²) in [6.45, 7) is 7.61. The topological polar surface area (TPSA) is 197 Å². The molecule has 1 unspecified atom stereocenters. The van der Waals surface area contributed by atoms with Gasteiger partial charge in [0.05, 0.1) is 4.90 Å². The summed E-state index contributed by atoms with van der Waals surface area (Å²) in [4.78, 5) is -0.989. The molecule has 36 heavy (non-hydrogen) atoms. The predicted octanol–water partition coefficient (Wildman–Crippen LogP) is 6.27.